The maximum atomic E-state index is 12.1. The van der Waals surface area contributed by atoms with Crippen LogP contribution in [-0.4, -0.2) is 28.2 Å². The molecule has 1 saturated carbocycles. The molecule has 1 aromatic heterocycles. The molecule has 146 valence electrons. The van der Waals surface area contributed by atoms with Crippen molar-refractivity contribution in [3.05, 3.63) is 66.0 Å². The Hall–Kier alpha value is -2.82. The van der Waals surface area contributed by atoms with E-state index in [9.17, 15) is 4.79 Å². The van der Waals surface area contributed by atoms with Gasteiger partial charge in [0.2, 0.25) is 0 Å². The summed E-state index contributed by atoms with van der Waals surface area (Å²) in [5.74, 6) is 1.07. The molecule has 2 N–H and O–H groups in total. The first kappa shape index (κ1) is 18.5. The molecule has 0 unspecified atom stereocenters. The van der Waals surface area contributed by atoms with Gasteiger partial charge in [-0.1, -0.05) is 55.3 Å². The fourth-order valence-corrected chi connectivity index (χ4v) is 4.05. The van der Waals surface area contributed by atoms with E-state index < -0.39 is 0 Å². The maximum Gasteiger partial charge on any atom is 0.315 e. The number of amides is 2. The van der Waals surface area contributed by atoms with E-state index in [0.717, 1.165) is 49.1 Å². The maximum absolute atomic E-state index is 12.1. The van der Waals surface area contributed by atoms with Gasteiger partial charge in [0, 0.05) is 25.6 Å². The number of nitrogens with one attached hydrogen (secondary N) is 2. The highest BCUT2D eigenvalue weighted by molar-refractivity contribution is 5.76. The summed E-state index contributed by atoms with van der Waals surface area (Å²) < 4.78 is 2.24. The summed E-state index contributed by atoms with van der Waals surface area (Å²) >= 11 is 0. The van der Waals surface area contributed by atoms with E-state index in [2.05, 4.69) is 51.6 Å². The first-order valence-corrected chi connectivity index (χ1v) is 10.3. The Morgan fingerprint density at radius 2 is 1.75 bits per heavy atom. The topological polar surface area (TPSA) is 59.0 Å². The highest BCUT2D eigenvalue weighted by atomic mass is 16.2. The molecular formula is C23H28N4O. The first-order valence-electron chi connectivity index (χ1n) is 10.3. The van der Waals surface area contributed by atoms with Crippen molar-refractivity contribution in [3.63, 3.8) is 0 Å². The molecular weight excluding hydrogens is 348 g/mol. The van der Waals surface area contributed by atoms with Gasteiger partial charge in [0.1, 0.15) is 5.82 Å². The Labute approximate surface area is 166 Å². The third kappa shape index (κ3) is 4.53. The number of hydrogen-bond donors (Lipinski definition) is 2. The fraction of sp³-hybridized carbons (Fsp3) is 0.391. The zero-order valence-corrected chi connectivity index (χ0v) is 16.2. The zero-order valence-electron chi connectivity index (χ0n) is 16.2. The molecule has 1 aliphatic rings. The Bertz CT molecular complexity index is 913. The molecule has 5 nitrogen and oxygen atoms in total. The fourth-order valence-electron chi connectivity index (χ4n) is 4.05. The van der Waals surface area contributed by atoms with E-state index in [-0.39, 0.29) is 6.03 Å². The third-order valence-electron chi connectivity index (χ3n) is 5.53. The number of rotatable bonds is 7. The molecule has 5 heteroatoms. The van der Waals surface area contributed by atoms with Gasteiger partial charge in [-0.2, -0.15) is 0 Å². The molecule has 1 aliphatic carbocycles. The normalized spacial score (nSPS) is 14.4. The molecule has 0 radical (unpaired) electrons. The predicted octanol–water partition coefficient (Wildman–Crippen LogP) is 4.06. The van der Waals surface area contributed by atoms with E-state index in [1.54, 1.807) is 0 Å². The average Bonchev–Trinajstić information content (AvgIpc) is 3.35. The second-order valence-corrected chi connectivity index (χ2v) is 7.54. The van der Waals surface area contributed by atoms with Crippen LogP contribution in [0.3, 0.4) is 0 Å². The van der Waals surface area contributed by atoms with Crippen molar-refractivity contribution >= 4 is 17.1 Å². The molecule has 0 bridgehead atoms. The van der Waals surface area contributed by atoms with Crippen molar-refractivity contribution in [2.24, 2.45) is 0 Å². The summed E-state index contributed by atoms with van der Waals surface area (Å²) in [6, 6.07) is 19.0. The number of hydrogen-bond acceptors (Lipinski definition) is 2. The van der Waals surface area contributed by atoms with Crippen LogP contribution in [0.2, 0.25) is 0 Å². The lowest BCUT2D eigenvalue weighted by Gasteiger charge is -2.14. The summed E-state index contributed by atoms with van der Waals surface area (Å²) in [6.07, 6.45) is 6.48. The van der Waals surface area contributed by atoms with E-state index >= 15 is 0 Å². The number of aryl methyl sites for hydroxylation is 2. The number of carbonyl (C=O) groups excluding carboxylic acids is 1. The van der Waals surface area contributed by atoms with Crippen molar-refractivity contribution in [2.45, 2.75) is 51.1 Å². The predicted molar refractivity (Wildman–Crippen MR) is 112 cm³/mol. The minimum atomic E-state index is -0.0536. The number of imidazole rings is 1. The number of para-hydroxylation sites is 2. The zero-order chi connectivity index (χ0) is 19.2. The minimum absolute atomic E-state index is 0.0536. The van der Waals surface area contributed by atoms with E-state index in [1.807, 2.05) is 18.2 Å². The third-order valence-corrected chi connectivity index (χ3v) is 5.53. The van der Waals surface area contributed by atoms with E-state index in [1.165, 1.54) is 18.4 Å². The largest absolute Gasteiger partial charge is 0.336 e. The van der Waals surface area contributed by atoms with Crippen molar-refractivity contribution in [1.82, 2.24) is 20.2 Å². The van der Waals surface area contributed by atoms with Gasteiger partial charge in [-0.05, 0) is 37.0 Å². The summed E-state index contributed by atoms with van der Waals surface area (Å²) in [4.78, 5) is 17.0. The number of urea groups is 1. The van der Waals surface area contributed by atoms with Gasteiger partial charge in [0.05, 0.1) is 11.0 Å². The van der Waals surface area contributed by atoms with Gasteiger partial charge < -0.3 is 15.2 Å². The van der Waals surface area contributed by atoms with Gasteiger partial charge >= 0.3 is 6.03 Å². The summed E-state index contributed by atoms with van der Waals surface area (Å²) in [5.41, 5.74) is 3.46. The Morgan fingerprint density at radius 3 is 2.57 bits per heavy atom. The molecule has 1 heterocycles. The minimum Gasteiger partial charge on any atom is -0.336 e. The van der Waals surface area contributed by atoms with Gasteiger partial charge in [-0.15, -0.1) is 0 Å². The number of benzene rings is 2. The van der Waals surface area contributed by atoms with Crippen molar-refractivity contribution in [1.29, 1.82) is 0 Å². The summed E-state index contributed by atoms with van der Waals surface area (Å²) in [6.45, 7) is 1.32. The van der Waals surface area contributed by atoms with Crippen molar-refractivity contribution in [3.8, 4) is 0 Å². The molecule has 28 heavy (non-hydrogen) atoms. The first-order chi connectivity index (χ1) is 13.8. The molecule has 4 rings (SSSR count). The van der Waals surface area contributed by atoms with Crippen LogP contribution >= 0.6 is 0 Å². The van der Waals surface area contributed by atoms with Gasteiger partial charge in [0.25, 0.3) is 0 Å². The SMILES string of the molecule is O=C(NCCn1c(CCc2ccccc2)nc2ccccc21)NC1CCCC1. The Balaban J connectivity index is 1.40. The van der Waals surface area contributed by atoms with Crippen molar-refractivity contribution < 1.29 is 4.79 Å². The Kier molecular flexibility index (Phi) is 5.90. The molecule has 0 aliphatic heterocycles. The number of nitrogens with zero attached hydrogens (tertiary/aromatic N) is 2. The summed E-state index contributed by atoms with van der Waals surface area (Å²) in [7, 11) is 0. The smallest absolute Gasteiger partial charge is 0.315 e. The number of aromatic nitrogens is 2. The lowest BCUT2D eigenvalue weighted by atomic mass is 10.1. The average molecular weight is 377 g/mol. The standard InChI is InChI=1S/C23H28N4O/c28-23(25-19-10-4-5-11-19)24-16-17-27-21-13-7-6-12-20(21)26-22(27)15-14-18-8-2-1-3-9-18/h1-3,6-9,12-13,19H,4-5,10-11,14-17H2,(H2,24,25,28). The van der Waals surface area contributed by atoms with Crippen LogP contribution in [0.5, 0.6) is 0 Å². The highest BCUT2D eigenvalue weighted by Crippen LogP contribution is 2.18. The lowest BCUT2D eigenvalue weighted by molar-refractivity contribution is 0.236. The van der Waals surface area contributed by atoms with Gasteiger partial charge in [-0.3, -0.25) is 0 Å². The van der Waals surface area contributed by atoms with E-state index in [4.69, 9.17) is 4.98 Å². The van der Waals surface area contributed by atoms with Crippen LogP contribution in [0.1, 0.15) is 37.1 Å². The molecule has 3 aromatic rings. The molecule has 2 aromatic carbocycles. The van der Waals surface area contributed by atoms with Crippen LogP contribution in [0, 0.1) is 0 Å². The summed E-state index contributed by atoms with van der Waals surface area (Å²) in [5, 5.41) is 6.10. The monoisotopic (exact) mass is 376 g/mol. The molecule has 1 fully saturated rings. The number of carbonyl (C=O) groups is 1. The van der Waals surface area contributed by atoms with Crippen LogP contribution in [0.25, 0.3) is 11.0 Å². The molecule has 0 spiro atoms. The molecule has 2 amide bonds. The van der Waals surface area contributed by atoms with E-state index in [0.29, 0.717) is 12.6 Å². The molecule has 0 atom stereocenters. The van der Waals surface area contributed by atoms with Gasteiger partial charge in [-0.25, -0.2) is 9.78 Å². The van der Waals surface area contributed by atoms with Crippen molar-refractivity contribution in [2.75, 3.05) is 6.54 Å². The van der Waals surface area contributed by atoms with Crippen LogP contribution < -0.4 is 10.6 Å². The van der Waals surface area contributed by atoms with Crippen LogP contribution in [0.15, 0.2) is 54.6 Å². The quantitative estimate of drug-likeness (QED) is 0.653. The second-order valence-electron chi connectivity index (χ2n) is 7.54. The number of fused-ring (bicyclic) bond motifs is 1. The van der Waals surface area contributed by atoms with Gasteiger partial charge in [0.15, 0.2) is 0 Å². The lowest BCUT2D eigenvalue weighted by Crippen LogP contribution is -2.42. The van der Waals surface area contributed by atoms with Crippen LogP contribution in [0.4, 0.5) is 4.79 Å². The van der Waals surface area contributed by atoms with Crippen LogP contribution in [-0.2, 0) is 19.4 Å². The highest BCUT2D eigenvalue weighted by Gasteiger charge is 2.17. The Morgan fingerprint density at radius 1 is 1.00 bits per heavy atom. The second kappa shape index (κ2) is 8.91. The molecule has 0 saturated heterocycles.